The minimum Gasteiger partial charge on any atom is -0.487 e. The quantitative estimate of drug-likeness (QED) is 0.724. The highest BCUT2D eigenvalue weighted by Crippen LogP contribution is 2.30. The summed E-state index contributed by atoms with van der Waals surface area (Å²) in [6.07, 6.45) is 1.51. The van der Waals surface area contributed by atoms with E-state index in [4.69, 9.17) is 25.9 Å². The Bertz CT molecular complexity index is 992. The van der Waals surface area contributed by atoms with Crippen molar-refractivity contribution < 1.29 is 19.1 Å². The lowest BCUT2D eigenvalue weighted by Crippen LogP contribution is -2.16. The molecule has 0 saturated carbocycles. The van der Waals surface area contributed by atoms with Gasteiger partial charge in [-0.25, -0.2) is 4.79 Å². The Kier molecular flexibility index (Phi) is 4.76. The zero-order valence-electron chi connectivity index (χ0n) is 13.4. The molecule has 0 radical (unpaired) electrons. The van der Waals surface area contributed by atoms with Crippen molar-refractivity contribution >= 4 is 28.7 Å². The Morgan fingerprint density at radius 3 is 2.92 bits per heavy atom. The summed E-state index contributed by atoms with van der Waals surface area (Å²) in [6, 6.07) is 6.80. The Balaban J connectivity index is 1.86. The van der Waals surface area contributed by atoms with Crippen molar-refractivity contribution in [2.45, 2.75) is 26.5 Å². The van der Waals surface area contributed by atoms with E-state index in [9.17, 15) is 9.59 Å². The first-order valence-electron chi connectivity index (χ1n) is 7.53. The first kappa shape index (κ1) is 17.0. The van der Waals surface area contributed by atoms with E-state index in [0.29, 0.717) is 28.5 Å². The number of benzene rings is 1. The molecule has 3 aromatic rings. The van der Waals surface area contributed by atoms with Gasteiger partial charge in [0.05, 0.1) is 17.0 Å². The van der Waals surface area contributed by atoms with E-state index < -0.39 is 11.7 Å². The number of fused-ring (bicyclic) bond motifs is 1. The summed E-state index contributed by atoms with van der Waals surface area (Å²) in [7, 11) is 0. The van der Waals surface area contributed by atoms with Gasteiger partial charge in [0.15, 0.2) is 5.58 Å². The first-order valence-corrected chi connectivity index (χ1v) is 7.91. The Morgan fingerprint density at radius 1 is 1.40 bits per heavy atom. The number of halogens is 1. The molecular formula is C17H15ClN2O5. The van der Waals surface area contributed by atoms with Gasteiger partial charge < -0.3 is 14.3 Å². The second-order valence-electron chi connectivity index (χ2n) is 5.51. The summed E-state index contributed by atoms with van der Waals surface area (Å²) >= 11 is 6.23. The number of oxazole rings is 1. The van der Waals surface area contributed by atoms with Gasteiger partial charge in [0, 0.05) is 24.5 Å². The third-order valence-electron chi connectivity index (χ3n) is 3.63. The van der Waals surface area contributed by atoms with E-state index in [1.807, 2.05) is 19.1 Å². The van der Waals surface area contributed by atoms with Crippen LogP contribution in [0.1, 0.15) is 17.7 Å². The van der Waals surface area contributed by atoms with E-state index in [1.54, 1.807) is 6.20 Å². The largest absolute Gasteiger partial charge is 0.487 e. The van der Waals surface area contributed by atoms with Gasteiger partial charge in [-0.2, -0.15) is 0 Å². The molecule has 0 atom stereocenters. The minimum absolute atomic E-state index is 0.00793. The molecule has 0 fully saturated rings. The lowest BCUT2D eigenvalue weighted by atomic mass is 10.2. The van der Waals surface area contributed by atoms with Crippen molar-refractivity contribution in [3.05, 3.63) is 57.3 Å². The molecule has 0 amide bonds. The molecule has 0 aliphatic heterocycles. The molecule has 0 aliphatic carbocycles. The number of rotatable bonds is 6. The Labute approximate surface area is 147 Å². The number of aryl methyl sites for hydroxylation is 2. The normalized spacial score (nSPS) is 11.0. The van der Waals surface area contributed by atoms with Crippen LogP contribution in [0.5, 0.6) is 5.75 Å². The summed E-state index contributed by atoms with van der Waals surface area (Å²) in [5.74, 6) is -1.25. The lowest BCUT2D eigenvalue weighted by molar-refractivity contribution is -0.137. The fourth-order valence-corrected chi connectivity index (χ4v) is 2.66. The van der Waals surface area contributed by atoms with E-state index in [-0.39, 0.29) is 13.0 Å². The third kappa shape index (κ3) is 3.83. The number of nitrogens with zero attached hydrogens (tertiary/aromatic N) is 2. The van der Waals surface area contributed by atoms with Crippen molar-refractivity contribution in [1.29, 1.82) is 0 Å². The molecule has 0 bridgehead atoms. The van der Waals surface area contributed by atoms with Gasteiger partial charge in [-0.15, -0.1) is 0 Å². The summed E-state index contributed by atoms with van der Waals surface area (Å²) in [5.41, 5.74) is 2.54. The highest BCUT2D eigenvalue weighted by molar-refractivity contribution is 6.32. The molecule has 1 aromatic carbocycles. The summed E-state index contributed by atoms with van der Waals surface area (Å²) in [6.45, 7) is 2.18. The molecule has 0 spiro atoms. The molecule has 0 saturated heterocycles. The highest BCUT2D eigenvalue weighted by atomic mass is 35.5. The smallest absolute Gasteiger partial charge is 0.419 e. The maximum Gasteiger partial charge on any atom is 0.419 e. The van der Waals surface area contributed by atoms with Crippen molar-refractivity contribution in [2.24, 2.45) is 0 Å². The molecule has 130 valence electrons. The number of pyridine rings is 1. The number of ether oxygens (including phenoxy) is 1. The standard InChI is InChI=1S/C17H15ClN2O5/c1-10-6-11(2-4-19-10)9-24-14-8-15-13(7-12(14)18)20(17(23)25-15)5-3-16(21)22/h2,4,6-8H,3,5,9H2,1H3,(H,21,22). The van der Waals surface area contributed by atoms with Crippen LogP contribution in [-0.2, 0) is 17.9 Å². The number of hydrogen-bond donors (Lipinski definition) is 1. The highest BCUT2D eigenvalue weighted by Gasteiger charge is 2.14. The summed E-state index contributed by atoms with van der Waals surface area (Å²) < 4.78 is 12.1. The van der Waals surface area contributed by atoms with E-state index in [2.05, 4.69) is 4.98 Å². The van der Waals surface area contributed by atoms with Crippen LogP contribution in [0.4, 0.5) is 0 Å². The number of carbonyl (C=O) groups is 1. The second-order valence-corrected chi connectivity index (χ2v) is 5.92. The van der Waals surface area contributed by atoms with Crippen LogP contribution in [0, 0.1) is 6.92 Å². The van der Waals surface area contributed by atoms with Crippen molar-refractivity contribution in [3.8, 4) is 5.75 Å². The maximum absolute atomic E-state index is 11.9. The molecule has 0 unspecified atom stereocenters. The predicted molar refractivity (Wildman–Crippen MR) is 91.0 cm³/mol. The number of aliphatic carboxylic acids is 1. The Morgan fingerprint density at radius 2 is 2.20 bits per heavy atom. The van der Waals surface area contributed by atoms with Gasteiger partial charge in [0.25, 0.3) is 0 Å². The predicted octanol–water partition coefficient (Wildman–Crippen LogP) is 3.01. The molecule has 3 rings (SSSR count). The van der Waals surface area contributed by atoms with Gasteiger partial charge in [-0.3, -0.25) is 14.3 Å². The van der Waals surface area contributed by atoms with E-state index in [1.165, 1.54) is 16.7 Å². The van der Waals surface area contributed by atoms with Crippen molar-refractivity contribution in [3.63, 3.8) is 0 Å². The first-order chi connectivity index (χ1) is 11.9. The summed E-state index contributed by atoms with van der Waals surface area (Å²) in [4.78, 5) is 26.7. The summed E-state index contributed by atoms with van der Waals surface area (Å²) in [5, 5.41) is 9.08. The zero-order valence-corrected chi connectivity index (χ0v) is 14.1. The van der Waals surface area contributed by atoms with Crippen LogP contribution in [0.25, 0.3) is 11.1 Å². The number of carboxylic acids is 1. The van der Waals surface area contributed by atoms with E-state index >= 15 is 0 Å². The third-order valence-corrected chi connectivity index (χ3v) is 3.92. The van der Waals surface area contributed by atoms with Crippen LogP contribution in [-0.4, -0.2) is 20.6 Å². The van der Waals surface area contributed by atoms with Gasteiger partial charge in [0.1, 0.15) is 12.4 Å². The maximum atomic E-state index is 11.9. The lowest BCUT2D eigenvalue weighted by Gasteiger charge is -2.09. The molecule has 0 aliphatic rings. The number of hydrogen-bond acceptors (Lipinski definition) is 5. The van der Waals surface area contributed by atoms with Crippen LogP contribution in [0.15, 0.2) is 39.7 Å². The molecular weight excluding hydrogens is 348 g/mol. The molecule has 7 nitrogen and oxygen atoms in total. The molecule has 2 aromatic heterocycles. The van der Waals surface area contributed by atoms with E-state index in [0.717, 1.165) is 11.3 Å². The molecule has 25 heavy (non-hydrogen) atoms. The zero-order chi connectivity index (χ0) is 18.0. The second kappa shape index (κ2) is 6.98. The van der Waals surface area contributed by atoms with Gasteiger partial charge >= 0.3 is 11.7 Å². The number of carboxylic acid groups (broad SMARTS) is 1. The molecule has 1 N–H and O–H groups in total. The van der Waals surface area contributed by atoms with Gasteiger partial charge in [0.2, 0.25) is 0 Å². The monoisotopic (exact) mass is 362 g/mol. The fourth-order valence-electron chi connectivity index (χ4n) is 2.45. The van der Waals surface area contributed by atoms with Crippen LogP contribution in [0.2, 0.25) is 5.02 Å². The average Bonchev–Trinajstić information content (AvgIpc) is 2.85. The fraction of sp³-hybridized carbons (Fsp3) is 0.235. The van der Waals surface area contributed by atoms with Gasteiger partial charge in [-0.05, 0) is 30.7 Å². The van der Waals surface area contributed by atoms with Crippen LogP contribution >= 0.6 is 11.6 Å². The number of aromatic nitrogens is 2. The topological polar surface area (TPSA) is 94.6 Å². The molecule has 2 heterocycles. The Hall–Kier alpha value is -2.80. The van der Waals surface area contributed by atoms with Crippen molar-refractivity contribution in [2.75, 3.05) is 0 Å². The minimum atomic E-state index is -1.00. The van der Waals surface area contributed by atoms with Crippen LogP contribution < -0.4 is 10.5 Å². The molecule has 8 heteroatoms. The van der Waals surface area contributed by atoms with Crippen molar-refractivity contribution in [1.82, 2.24) is 9.55 Å². The van der Waals surface area contributed by atoms with Crippen LogP contribution in [0.3, 0.4) is 0 Å². The average molecular weight is 363 g/mol. The van der Waals surface area contributed by atoms with Gasteiger partial charge in [-0.1, -0.05) is 11.6 Å². The SMILES string of the molecule is Cc1cc(COc2cc3oc(=O)n(CCC(=O)O)c3cc2Cl)ccn1.